The molecule has 0 amide bonds. The lowest BCUT2D eigenvalue weighted by Gasteiger charge is -2.37. The molecule has 1 aromatic carbocycles. The summed E-state index contributed by atoms with van der Waals surface area (Å²) in [6.07, 6.45) is 4.66. The van der Waals surface area contributed by atoms with Gasteiger partial charge in [-0.25, -0.2) is 4.79 Å². The van der Waals surface area contributed by atoms with Crippen LogP contribution in [-0.2, 0) is 19.9 Å². The fraction of sp³-hybridized carbons (Fsp3) is 0.667. The SMILES string of the molecule is O=C(OC1CC[N+]2(CCOCC2)C1)C(O)(c1ccccc1)C1CCCC1.[Br-]. The number of aliphatic hydroxyl groups is 1. The fourth-order valence-corrected chi connectivity index (χ4v) is 5.06. The lowest BCUT2D eigenvalue weighted by atomic mass is 9.80. The Labute approximate surface area is 172 Å². The molecule has 2 atom stereocenters. The van der Waals surface area contributed by atoms with E-state index in [4.69, 9.17) is 9.47 Å². The summed E-state index contributed by atoms with van der Waals surface area (Å²) in [5.41, 5.74) is -0.846. The Morgan fingerprint density at radius 1 is 1.07 bits per heavy atom. The minimum absolute atomic E-state index is 0. The number of quaternary nitrogens is 1. The van der Waals surface area contributed by atoms with Crippen LogP contribution in [0.1, 0.15) is 37.7 Å². The van der Waals surface area contributed by atoms with Gasteiger partial charge in [-0.1, -0.05) is 43.2 Å². The van der Waals surface area contributed by atoms with Gasteiger partial charge in [0.25, 0.3) is 0 Å². The molecule has 1 N–H and O–H groups in total. The Morgan fingerprint density at radius 2 is 1.74 bits per heavy atom. The van der Waals surface area contributed by atoms with E-state index in [1.165, 1.54) is 0 Å². The standard InChI is InChI=1S/C21H30NO4.BrH/c23-20(26-19-10-11-22(16-19)12-14-25-15-13-22)21(24,18-8-4-5-9-18)17-6-2-1-3-7-17;/h1-3,6-7,18-19,24H,4-5,8-16H2;1H/q+1;/p-1. The highest BCUT2D eigenvalue weighted by Gasteiger charge is 2.50. The van der Waals surface area contributed by atoms with E-state index in [1.54, 1.807) is 0 Å². The first-order chi connectivity index (χ1) is 12.6. The van der Waals surface area contributed by atoms with Crippen molar-refractivity contribution in [3.8, 4) is 0 Å². The van der Waals surface area contributed by atoms with Crippen molar-refractivity contribution < 1.29 is 40.8 Å². The monoisotopic (exact) mass is 439 g/mol. The van der Waals surface area contributed by atoms with E-state index in [2.05, 4.69) is 0 Å². The van der Waals surface area contributed by atoms with Crippen molar-refractivity contribution in [2.45, 2.75) is 43.8 Å². The molecule has 1 spiro atoms. The van der Waals surface area contributed by atoms with Gasteiger partial charge in [0.1, 0.15) is 19.6 Å². The molecule has 2 aliphatic heterocycles. The van der Waals surface area contributed by atoms with Crippen LogP contribution in [0.3, 0.4) is 0 Å². The van der Waals surface area contributed by atoms with E-state index in [9.17, 15) is 9.90 Å². The van der Waals surface area contributed by atoms with Crippen molar-refractivity contribution in [2.24, 2.45) is 5.92 Å². The van der Waals surface area contributed by atoms with Gasteiger partial charge in [0.05, 0.1) is 19.8 Å². The number of carbonyl (C=O) groups is 1. The van der Waals surface area contributed by atoms with Crippen molar-refractivity contribution in [3.63, 3.8) is 0 Å². The topological polar surface area (TPSA) is 55.8 Å². The van der Waals surface area contributed by atoms with Crippen LogP contribution in [0.25, 0.3) is 0 Å². The summed E-state index contributed by atoms with van der Waals surface area (Å²) in [6.45, 7) is 5.46. The van der Waals surface area contributed by atoms with Crippen molar-refractivity contribution in [1.29, 1.82) is 0 Å². The lowest BCUT2D eigenvalue weighted by Crippen LogP contribution is -3.00. The Hall–Kier alpha value is -0.950. The number of ether oxygens (including phenoxy) is 2. The molecular weight excluding hydrogens is 410 g/mol. The first kappa shape index (κ1) is 20.8. The number of halogens is 1. The van der Waals surface area contributed by atoms with Crippen LogP contribution in [0.2, 0.25) is 0 Å². The van der Waals surface area contributed by atoms with Crippen LogP contribution in [0, 0.1) is 5.92 Å². The highest BCUT2D eigenvalue weighted by Crippen LogP contribution is 2.42. The molecule has 1 aromatic rings. The second-order valence-corrected chi connectivity index (χ2v) is 8.24. The van der Waals surface area contributed by atoms with E-state index >= 15 is 0 Å². The molecule has 4 rings (SSSR count). The maximum absolute atomic E-state index is 13.2. The van der Waals surface area contributed by atoms with Gasteiger partial charge < -0.3 is 36.0 Å². The zero-order chi connectivity index (χ0) is 18.0. The van der Waals surface area contributed by atoms with Gasteiger partial charge in [-0.3, -0.25) is 0 Å². The molecule has 5 nitrogen and oxygen atoms in total. The predicted molar refractivity (Wildman–Crippen MR) is 97.3 cm³/mol. The van der Waals surface area contributed by atoms with Gasteiger partial charge in [-0.2, -0.15) is 0 Å². The third-order valence-electron chi connectivity index (χ3n) is 6.68. The molecule has 0 bridgehead atoms. The maximum atomic E-state index is 13.2. The number of nitrogens with zero attached hydrogens (tertiary/aromatic N) is 1. The summed E-state index contributed by atoms with van der Waals surface area (Å²) in [4.78, 5) is 13.2. The van der Waals surface area contributed by atoms with Crippen LogP contribution in [0.5, 0.6) is 0 Å². The number of carbonyl (C=O) groups excluding carboxylic acids is 1. The molecule has 2 heterocycles. The number of hydrogen-bond donors (Lipinski definition) is 1. The van der Waals surface area contributed by atoms with E-state index in [1.807, 2.05) is 30.3 Å². The minimum Gasteiger partial charge on any atom is -1.00 e. The van der Waals surface area contributed by atoms with Gasteiger partial charge in [-0.05, 0) is 18.4 Å². The minimum atomic E-state index is -1.52. The number of hydrogen-bond acceptors (Lipinski definition) is 4. The highest BCUT2D eigenvalue weighted by molar-refractivity contribution is 5.81. The molecule has 1 aliphatic carbocycles. The molecule has 3 fully saturated rings. The molecule has 6 heteroatoms. The molecule has 0 radical (unpaired) electrons. The largest absolute Gasteiger partial charge is 1.00 e. The number of rotatable bonds is 4. The second kappa shape index (κ2) is 8.60. The Kier molecular flexibility index (Phi) is 6.62. The van der Waals surface area contributed by atoms with E-state index < -0.39 is 11.6 Å². The van der Waals surface area contributed by atoms with Gasteiger partial charge in [0.2, 0.25) is 0 Å². The molecule has 27 heavy (non-hydrogen) atoms. The molecular formula is C21H30BrNO4. The molecule has 150 valence electrons. The lowest BCUT2D eigenvalue weighted by molar-refractivity contribution is -0.925. The first-order valence-electron chi connectivity index (χ1n) is 10.0. The average Bonchev–Trinajstić information content (AvgIpc) is 3.34. The van der Waals surface area contributed by atoms with Gasteiger partial charge in [-0.15, -0.1) is 0 Å². The Bertz CT molecular complexity index is 628. The molecule has 0 aromatic heterocycles. The normalized spacial score (nSPS) is 27.1. The fourth-order valence-electron chi connectivity index (χ4n) is 5.06. The Morgan fingerprint density at radius 3 is 2.41 bits per heavy atom. The highest BCUT2D eigenvalue weighted by atomic mass is 79.9. The number of benzene rings is 1. The quantitative estimate of drug-likeness (QED) is 0.494. The molecule has 2 unspecified atom stereocenters. The maximum Gasteiger partial charge on any atom is 0.343 e. The van der Waals surface area contributed by atoms with Crippen LogP contribution >= 0.6 is 0 Å². The first-order valence-corrected chi connectivity index (χ1v) is 10.0. The van der Waals surface area contributed by atoms with Crippen molar-refractivity contribution in [1.82, 2.24) is 0 Å². The molecule has 3 aliphatic rings. The van der Waals surface area contributed by atoms with E-state index in [-0.39, 0.29) is 29.0 Å². The number of esters is 1. The zero-order valence-corrected chi connectivity index (χ0v) is 17.4. The Balaban J connectivity index is 0.00000210. The molecule has 2 saturated heterocycles. The van der Waals surface area contributed by atoms with Crippen molar-refractivity contribution in [2.75, 3.05) is 39.4 Å². The third-order valence-corrected chi connectivity index (χ3v) is 6.68. The van der Waals surface area contributed by atoms with Crippen molar-refractivity contribution >= 4 is 5.97 Å². The summed E-state index contributed by atoms with van der Waals surface area (Å²) < 4.78 is 12.4. The second-order valence-electron chi connectivity index (χ2n) is 8.24. The van der Waals surface area contributed by atoms with Crippen molar-refractivity contribution in [3.05, 3.63) is 35.9 Å². The van der Waals surface area contributed by atoms with E-state index in [0.717, 1.165) is 76.0 Å². The molecule has 1 saturated carbocycles. The summed E-state index contributed by atoms with van der Waals surface area (Å²) in [7, 11) is 0. The van der Waals surface area contributed by atoms with E-state index in [0.29, 0.717) is 5.56 Å². The van der Waals surface area contributed by atoms with Crippen LogP contribution in [0.15, 0.2) is 30.3 Å². The zero-order valence-electron chi connectivity index (χ0n) is 15.8. The van der Waals surface area contributed by atoms with Gasteiger partial charge in [0.15, 0.2) is 11.7 Å². The predicted octanol–water partition coefficient (Wildman–Crippen LogP) is -0.769. The van der Waals surface area contributed by atoms with Crippen LogP contribution < -0.4 is 17.0 Å². The number of morpholine rings is 1. The third kappa shape index (κ3) is 4.09. The average molecular weight is 440 g/mol. The summed E-state index contributed by atoms with van der Waals surface area (Å²) in [5.74, 6) is -0.501. The van der Waals surface area contributed by atoms with Crippen LogP contribution in [-0.4, -0.2) is 61.1 Å². The van der Waals surface area contributed by atoms with Gasteiger partial charge in [0, 0.05) is 12.3 Å². The summed E-state index contributed by atoms with van der Waals surface area (Å²) in [6, 6.07) is 9.37. The summed E-state index contributed by atoms with van der Waals surface area (Å²) in [5, 5.41) is 11.5. The van der Waals surface area contributed by atoms with Gasteiger partial charge >= 0.3 is 5.97 Å². The smallest absolute Gasteiger partial charge is 0.343 e. The van der Waals surface area contributed by atoms with Crippen LogP contribution in [0.4, 0.5) is 0 Å². The summed E-state index contributed by atoms with van der Waals surface area (Å²) >= 11 is 0.